The molecule has 0 spiro atoms. The van der Waals surface area contributed by atoms with E-state index in [-0.39, 0.29) is 13.0 Å². The lowest BCUT2D eigenvalue weighted by atomic mass is 10.2. The molecule has 0 radical (unpaired) electrons. The summed E-state index contributed by atoms with van der Waals surface area (Å²) in [5, 5.41) is 15.5. The number of aliphatic carboxylic acids is 1. The minimum Gasteiger partial charge on any atom is -0.494 e. The van der Waals surface area contributed by atoms with E-state index in [1.807, 2.05) is 30.3 Å². The fourth-order valence-electron chi connectivity index (χ4n) is 2.83. The number of nitrogens with one attached hydrogen (secondary N) is 2. The van der Waals surface area contributed by atoms with Gasteiger partial charge in [0.1, 0.15) is 5.75 Å². The molecule has 0 aliphatic carbocycles. The van der Waals surface area contributed by atoms with Gasteiger partial charge in [0.05, 0.1) is 13.7 Å². The van der Waals surface area contributed by atoms with Gasteiger partial charge in [-0.15, -0.1) is 0 Å². The number of ether oxygens (including phenoxy) is 1. The zero-order chi connectivity index (χ0) is 24.1. The van der Waals surface area contributed by atoms with Gasteiger partial charge in [-0.2, -0.15) is 0 Å². The van der Waals surface area contributed by atoms with Gasteiger partial charge in [-0.3, -0.25) is 19.2 Å². The first-order valence-corrected chi connectivity index (χ1v) is 10.5. The van der Waals surface area contributed by atoms with Crippen molar-refractivity contribution >= 4 is 29.5 Å². The van der Waals surface area contributed by atoms with Crippen molar-refractivity contribution in [2.75, 3.05) is 25.6 Å². The third kappa shape index (κ3) is 9.04. The molecule has 2 amide bonds. The molecule has 2 rings (SSSR count). The second-order valence-electron chi connectivity index (χ2n) is 6.92. The van der Waals surface area contributed by atoms with Crippen molar-refractivity contribution in [2.24, 2.45) is 0 Å². The minimum absolute atomic E-state index is 0.0370. The van der Waals surface area contributed by atoms with Crippen LogP contribution < -0.4 is 15.4 Å². The summed E-state index contributed by atoms with van der Waals surface area (Å²) < 4.78 is 5.51. The second-order valence-corrected chi connectivity index (χ2v) is 6.92. The maximum absolute atomic E-state index is 12.8. The highest BCUT2D eigenvalue weighted by molar-refractivity contribution is 5.96. The summed E-state index contributed by atoms with van der Waals surface area (Å²) in [4.78, 5) is 41.0. The Morgan fingerprint density at radius 2 is 1.79 bits per heavy atom. The molecule has 2 aromatic carbocycles. The van der Waals surface area contributed by atoms with E-state index < -0.39 is 23.9 Å². The smallest absolute Gasteiger partial charge is 0.303 e. The predicted octanol–water partition coefficient (Wildman–Crippen LogP) is 2.91. The van der Waals surface area contributed by atoms with E-state index in [2.05, 4.69) is 10.6 Å². The maximum atomic E-state index is 12.8. The molecule has 9 nitrogen and oxygen atoms in total. The zero-order valence-corrected chi connectivity index (χ0v) is 18.7. The molecule has 1 atom stereocenters. The number of carbonyl (C=O) groups is 3. The Kier molecular flexibility index (Phi) is 10.4. The van der Waals surface area contributed by atoms with Crippen LogP contribution in [0.5, 0.6) is 5.75 Å². The Labute approximate surface area is 192 Å². The topological polar surface area (TPSA) is 117 Å². The highest BCUT2D eigenvalue weighted by Crippen LogP contribution is 2.17. The standard InChI is InChI=1S/C24H29N3O6/c1-3-27(32-2)24(31)23(26-21(28)16-11-18-8-5-4-6-9-18)25-19-12-14-20(15-13-19)33-17-7-10-22(29)30/h4-6,8-9,11-16,23,25H,3,7,10,17H2,1-2H3,(H,26,28)(H,29,30). The van der Waals surface area contributed by atoms with Crippen molar-refractivity contribution in [2.45, 2.75) is 25.9 Å². The lowest BCUT2D eigenvalue weighted by molar-refractivity contribution is -0.176. The fraction of sp³-hybridized carbons (Fsp3) is 0.292. The number of hydrogen-bond donors (Lipinski definition) is 3. The van der Waals surface area contributed by atoms with Crippen LogP contribution in [0.1, 0.15) is 25.3 Å². The average molecular weight is 456 g/mol. The SMILES string of the molecule is CCN(OC)C(=O)C(NC(=O)C=Cc1ccccc1)Nc1ccc(OCCCC(=O)O)cc1. The number of carbonyl (C=O) groups excluding carboxylic acids is 2. The third-order valence-electron chi connectivity index (χ3n) is 4.48. The fourth-order valence-corrected chi connectivity index (χ4v) is 2.83. The first kappa shape index (κ1) is 25.4. The van der Waals surface area contributed by atoms with Crippen LogP contribution in [0.15, 0.2) is 60.7 Å². The van der Waals surface area contributed by atoms with Crippen LogP contribution in [0.25, 0.3) is 6.08 Å². The Morgan fingerprint density at radius 3 is 2.39 bits per heavy atom. The second kappa shape index (κ2) is 13.5. The van der Waals surface area contributed by atoms with Crippen LogP contribution in [0.2, 0.25) is 0 Å². The van der Waals surface area contributed by atoms with Crippen molar-refractivity contribution in [3.8, 4) is 5.75 Å². The van der Waals surface area contributed by atoms with Crippen molar-refractivity contribution in [1.29, 1.82) is 0 Å². The first-order chi connectivity index (χ1) is 15.9. The normalized spacial score (nSPS) is 11.6. The summed E-state index contributed by atoms with van der Waals surface area (Å²) in [6, 6.07) is 16.1. The first-order valence-electron chi connectivity index (χ1n) is 10.5. The van der Waals surface area contributed by atoms with Crippen LogP contribution in [0.4, 0.5) is 5.69 Å². The van der Waals surface area contributed by atoms with E-state index in [1.165, 1.54) is 13.2 Å². The molecule has 9 heteroatoms. The molecule has 176 valence electrons. The average Bonchev–Trinajstić information content (AvgIpc) is 2.82. The van der Waals surface area contributed by atoms with Crippen molar-refractivity contribution in [3.63, 3.8) is 0 Å². The Hall–Kier alpha value is -3.85. The number of nitrogens with zero attached hydrogens (tertiary/aromatic N) is 1. The number of anilines is 1. The lowest BCUT2D eigenvalue weighted by Crippen LogP contribution is -2.52. The molecule has 0 saturated carbocycles. The van der Waals surface area contributed by atoms with Gasteiger partial charge in [0.2, 0.25) is 5.91 Å². The van der Waals surface area contributed by atoms with E-state index in [0.717, 1.165) is 10.6 Å². The van der Waals surface area contributed by atoms with Gasteiger partial charge >= 0.3 is 5.97 Å². The van der Waals surface area contributed by atoms with Gasteiger partial charge in [0.15, 0.2) is 6.17 Å². The molecule has 0 aliphatic rings. The number of carboxylic acids is 1. The lowest BCUT2D eigenvalue weighted by Gasteiger charge is -2.25. The number of hydroxylamine groups is 2. The van der Waals surface area contributed by atoms with E-state index >= 15 is 0 Å². The van der Waals surface area contributed by atoms with Crippen molar-refractivity contribution in [3.05, 3.63) is 66.2 Å². The minimum atomic E-state index is -1.07. The molecule has 0 heterocycles. The summed E-state index contributed by atoms with van der Waals surface area (Å²) in [6.07, 6.45) is 2.38. The molecule has 1 unspecified atom stereocenters. The van der Waals surface area contributed by atoms with Gasteiger partial charge in [0.25, 0.3) is 5.91 Å². The summed E-state index contributed by atoms with van der Waals surface area (Å²) in [5.74, 6) is -1.21. The monoisotopic (exact) mass is 455 g/mol. The maximum Gasteiger partial charge on any atom is 0.303 e. The van der Waals surface area contributed by atoms with E-state index in [4.69, 9.17) is 14.7 Å². The quantitative estimate of drug-likeness (QED) is 0.184. The number of rotatable bonds is 13. The Balaban J connectivity index is 2.04. The number of likely N-dealkylation sites (N-methyl/N-ethyl adjacent to an activating group) is 1. The Morgan fingerprint density at radius 1 is 1.09 bits per heavy atom. The molecule has 0 saturated heterocycles. The van der Waals surface area contributed by atoms with Crippen LogP contribution in [-0.2, 0) is 19.2 Å². The predicted molar refractivity (Wildman–Crippen MR) is 124 cm³/mol. The third-order valence-corrected chi connectivity index (χ3v) is 4.48. The zero-order valence-electron chi connectivity index (χ0n) is 18.7. The van der Waals surface area contributed by atoms with Crippen LogP contribution in [0.3, 0.4) is 0 Å². The summed E-state index contributed by atoms with van der Waals surface area (Å²) in [7, 11) is 1.38. The van der Waals surface area contributed by atoms with Crippen LogP contribution in [0, 0.1) is 0 Å². The van der Waals surface area contributed by atoms with Gasteiger partial charge in [-0.1, -0.05) is 30.3 Å². The number of hydrogen-bond acceptors (Lipinski definition) is 6. The van der Waals surface area contributed by atoms with Gasteiger partial charge < -0.3 is 20.5 Å². The summed E-state index contributed by atoms with van der Waals surface area (Å²) in [5.41, 5.74) is 1.43. The van der Waals surface area contributed by atoms with Gasteiger partial charge in [-0.25, -0.2) is 5.06 Å². The highest BCUT2D eigenvalue weighted by Gasteiger charge is 2.25. The molecular weight excluding hydrogens is 426 g/mol. The van der Waals surface area contributed by atoms with E-state index in [9.17, 15) is 14.4 Å². The highest BCUT2D eigenvalue weighted by atomic mass is 16.7. The molecule has 3 N–H and O–H groups in total. The molecule has 33 heavy (non-hydrogen) atoms. The van der Waals surface area contributed by atoms with Crippen LogP contribution >= 0.6 is 0 Å². The van der Waals surface area contributed by atoms with Gasteiger partial charge in [0, 0.05) is 24.7 Å². The number of amides is 2. The van der Waals surface area contributed by atoms with Crippen molar-refractivity contribution < 1.29 is 29.1 Å². The van der Waals surface area contributed by atoms with E-state index in [1.54, 1.807) is 37.3 Å². The largest absolute Gasteiger partial charge is 0.494 e. The Bertz CT molecular complexity index is 927. The summed E-state index contributed by atoms with van der Waals surface area (Å²) >= 11 is 0. The van der Waals surface area contributed by atoms with E-state index in [0.29, 0.717) is 24.4 Å². The van der Waals surface area contributed by atoms with Crippen molar-refractivity contribution in [1.82, 2.24) is 10.4 Å². The van der Waals surface area contributed by atoms with Gasteiger partial charge in [-0.05, 0) is 49.2 Å². The molecule has 0 aliphatic heterocycles. The molecular formula is C24H29N3O6. The van der Waals surface area contributed by atoms with Crippen LogP contribution in [-0.4, -0.2) is 54.4 Å². The molecule has 0 aromatic heterocycles. The molecule has 2 aromatic rings. The number of carboxylic acid groups (broad SMARTS) is 1. The number of benzene rings is 2. The molecule has 0 bridgehead atoms. The summed E-state index contributed by atoms with van der Waals surface area (Å²) in [6.45, 7) is 2.34. The molecule has 0 fully saturated rings.